The summed E-state index contributed by atoms with van der Waals surface area (Å²) in [6.45, 7) is 0.839. The van der Waals surface area contributed by atoms with Crippen LogP contribution in [-0.2, 0) is 30.6 Å². The smallest absolute Gasteiger partial charge is 0.440 e. The molecule has 4 N–H and O–H groups in total. The predicted octanol–water partition coefficient (Wildman–Crippen LogP) is 0.263. The number of nitrogens with zero attached hydrogens (tertiary/aromatic N) is 5. The van der Waals surface area contributed by atoms with Gasteiger partial charge in [-0.2, -0.15) is 9.97 Å². The Morgan fingerprint density at radius 2 is 2.21 bits per heavy atom. The van der Waals surface area contributed by atoms with Crippen molar-refractivity contribution >= 4 is 47.8 Å². The second-order valence-electron chi connectivity index (χ2n) is 6.95. The normalized spacial score (nSPS) is 15.4. The molecule has 0 aliphatic carbocycles. The van der Waals surface area contributed by atoms with E-state index in [1.807, 2.05) is 5.92 Å². The van der Waals surface area contributed by atoms with Crippen LogP contribution >= 0.6 is 7.07 Å². The highest BCUT2D eigenvalue weighted by Gasteiger charge is 2.31. The number of ether oxygens (including phenoxy) is 2. The Kier molecular flexibility index (Phi) is 9.78. The maximum atomic E-state index is 14.7. The molecule has 0 radical (unpaired) electrons. The Morgan fingerprint density at radius 3 is 2.79 bits per heavy atom. The lowest BCUT2D eigenvalue weighted by Gasteiger charge is -2.24. The van der Waals surface area contributed by atoms with Gasteiger partial charge >= 0.3 is 13.0 Å². The summed E-state index contributed by atoms with van der Waals surface area (Å²) < 4.78 is 31.8. The van der Waals surface area contributed by atoms with Crippen molar-refractivity contribution in [3.63, 3.8) is 0 Å². The highest BCUT2D eigenvalue weighted by molar-refractivity contribution is 8.02. The SMILES string of the molecule is C#CC(F)[C@@H](O[C@@H](CO)CO[P+](=S)N[C@H](C)C(=O)OC)n1cnc2c(N(C)C)nc(N)nc21. The van der Waals surface area contributed by atoms with Crippen LogP contribution in [0.25, 0.3) is 11.2 Å². The molecule has 0 fully saturated rings. The van der Waals surface area contributed by atoms with Gasteiger partial charge in [-0.3, -0.25) is 9.36 Å². The molecule has 2 unspecified atom stereocenters. The molecule has 180 valence electrons. The van der Waals surface area contributed by atoms with Crippen LogP contribution in [0.4, 0.5) is 16.2 Å². The molecule has 5 atom stereocenters. The molecule has 2 aromatic heterocycles. The Bertz CT molecular complexity index is 1030. The minimum Gasteiger partial charge on any atom is -0.468 e. The number of aliphatic hydroxyl groups is 1. The number of hydrogen-bond acceptors (Lipinski definition) is 11. The Labute approximate surface area is 196 Å². The number of esters is 1. The van der Waals surface area contributed by atoms with Crippen molar-refractivity contribution in [3.05, 3.63) is 6.33 Å². The molecule has 0 amide bonds. The quantitative estimate of drug-likeness (QED) is 0.208. The van der Waals surface area contributed by atoms with E-state index in [2.05, 4.69) is 24.8 Å². The first-order chi connectivity index (χ1) is 15.6. The standard InChI is InChI=1S/C18H26FN7O5PS/c1-6-12(19)16(26-9-21-13-14(25(3)4)22-18(20)23-15(13)26)31-11(7-27)8-30-32(33)24-10(2)17(28)29-5/h1,9-12,16,27H,7-8H2,2-5H3,(H,24,33)(H2,20,22,23)/q+1/t10-,11+,12?,16-/m1/s1. The lowest BCUT2D eigenvalue weighted by Crippen LogP contribution is -2.33. The molecule has 0 spiro atoms. The molecule has 0 aromatic carbocycles. The lowest BCUT2D eigenvalue weighted by molar-refractivity contribution is -0.142. The summed E-state index contributed by atoms with van der Waals surface area (Å²) in [5.41, 5.74) is 6.36. The molecule has 0 bridgehead atoms. The van der Waals surface area contributed by atoms with E-state index in [4.69, 9.17) is 33.2 Å². The van der Waals surface area contributed by atoms with E-state index >= 15 is 0 Å². The summed E-state index contributed by atoms with van der Waals surface area (Å²) in [5.74, 6) is 1.85. The molecule has 0 aliphatic rings. The number of alkyl halides is 1. The third-order valence-electron chi connectivity index (χ3n) is 4.29. The fourth-order valence-corrected chi connectivity index (χ4v) is 4.14. The predicted molar refractivity (Wildman–Crippen MR) is 124 cm³/mol. The Balaban J connectivity index is 2.23. The number of aromatic nitrogens is 4. The number of anilines is 2. The number of methoxy groups -OCH3 is 1. The van der Waals surface area contributed by atoms with Gasteiger partial charge in [0, 0.05) is 14.1 Å². The number of fused-ring (bicyclic) bond motifs is 1. The lowest BCUT2D eigenvalue weighted by atomic mass is 10.3. The molecule has 2 rings (SSSR count). The summed E-state index contributed by atoms with van der Waals surface area (Å²) in [6.07, 6.45) is 2.28. The molecular formula is C18H26FN7O5PS+. The van der Waals surface area contributed by atoms with E-state index in [0.717, 1.165) is 0 Å². The zero-order valence-electron chi connectivity index (χ0n) is 18.5. The first kappa shape index (κ1) is 26.7. The maximum absolute atomic E-state index is 14.7. The van der Waals surface area contributed by atoms with Crippen LogP contribution in [0.1, 0.15) is 13.2 Å². The molecule has 33 heavy (non-hydrogen) atoms. The molecule has 2 heterocycles. The second-order valence-corrected chi connectivity index (χ2v) is 8.98. The Hall–Kier alpha value is -2.53. The third kappa shape index (κ3) is 6.73. The van der Waals surface area contributed by atoms with Gasteiger partial charge in [0.05, 0.1) is 20.0 Å². The number of nitrogen functional groups attached to an aromatic ring is 1. The number of nitrogens with one attached hydrogen (secondary N) is 1. The fourth-order valence-electron chi connectivity index (χ4n) is 2.68. The van der Waals surface area contributed by atoms with Gasteiger partial charge in [0.15, 0.2) is 23.2 Å². The van der Waals surface area contributed by atoms with E-state index in [9.17, 15) is 14.3 Å². The van der Waals surface area contributed by atoms with E-state index < -0.39 is 44.2 Å². The molecule has 2 aromatic rings. The topological polar surface area (TPSA) is 150 Å². The second kappa shape index (κ2) is 12.1. The fraction of sp³-hybridized carbons (Fsp3) is 0.556. The van der Waals surface area contributed by atoms with E-state index in [-0.39, 0.29) is 18.2 Å². The number of terminal acetylenes is 1. The Morgan fingerprint density at radius 1 is 1.52 bits per heavy atom. The van der Waals surface area contributed by atoms with Crippen LogP contribution in [0.3, 0.4) is 0 Å². The van der Waals surface area contributed by atoms with Crippen LogP contribution in [0.2, 0.25) is 0 Å². The van der Waals surface area contributed by atoms with Crippen molar-refractivity contribution < 1.29 is 28.3 Å². The van der Waals surface area contributed by atoms with Crippen molar-refractivity contribution in [3.8, 4) is 12.3 Å². The monoisotopic (exact) mass is 502 g/mol. The van der Waals surface area contributed by atoms with Gasteiger partial charge in [0.25, 0.3) is 0 Å². The number of carbonyl (C=O) groups excluding carboxylic acids is 1. The van der Waals surface area contributed by atoms with Gasteiger partial charge in [-0.25, -0.2) is 9.37 Å². The van der Waals surface area contributed by atoms with Crippen LogP contribution in [0.15, 0.2) is 6.33 Å². The zero-order valence-corrected chi connectivity index (χ0v) is 20.2. The molecule has 12 nitrogen and oxygen atoms in total. The van der Waals surface area contributed by atoms with Crippen molar-refractivity contribution in [2.24, 2.45) is 0 Å². The van der Waals surface area contributed by atoms with Crippen molar-refractivity contribution in [2.75, 3.05) is 45.1 Å². The van der Waals surface area contributed by atoms with Crippen LogP contribution in [0.5, 0.6) is 0 Å². The number of imidazole rings is 1. The number of carbonyl (C=O) groups is 1. The highest BCUT2D eigenvalue weighted by atomic mass is 32.4. The minimum atomic E-state index is -1.92. The number of aliphatic hydroxyl groups excluding tert-OH is 1. The summed E-state index contributed by atoms with van der Waals surface area (Å²) in [4.78, 5) is 25.7. The van der Waals surface area contributed by atoms with Crippen molar-refractivity contribution in [1.82, 2.24) is 24.6 Å². The van der Waals surface area contributed by atoms with Gasteiger partial charge in [0.2, 0.25) is 23.9 Å². The molecule has 0 aliphatic heterocycles. The number of hydrogen-bond donors (Lipinski definition) is 3. The summed E-state index contributed by atoms with van der Waals surface area (Å²) in [5, 5.41) is 12.5. The summed E-state index contributed by atoms with van der Waals surface area (Å²) >= 11 is 5.16. The van der Waals surface area contributed by atoms with Crippen LogP contribution in [0, 0.1) is 12.3 Å². The molecule has 0 saturated heterocycles. The first-order valence-electron chi connectivity index (χ1n) is 9.60. The van der Waals surface area contributed by atoms with Gasteiger partial charge < -0.3 is 25.2 Å². The third-order valence-corrected chi connectivity index (χ3v) is 5.91. The van der Waals surface area contributed by atoms with Crippen molar-refractivity contribution in [1.29, 1.82) is 0 Å². The summed E-state index contributed by atoms with van der Waals surface area (Å²) in [7, 11) is 3.06. The van der Waals surface area contributed by atoms with Gasteiger partial charge in [-0.05, 0) is 6.92 Å². The highest BCUT2D eigenvalue weighted by Crippen LogP contribution is 2.28. The number of nitrogens with two attached hydrogens (primary N) is 1. The summed E-state index contributed by atoms with van der Waals surface area (Å²) in [6, 6.07) is -0.690. The largest absolute Gasteiger partial charge is 0.468 e. The molecule has 0 saturated carbocycles. The van der Waals surface area contributed by atoms with Crippen molar-refractivity contribution in [2.45, 2.75) is 31.5 Å². The average molecular weight is 502 g/mol. The number of halogens is 1. The van der Waals surface area contributed by atoms with E-state index in [1.54, 1.807) is 25.9 Å². The number of rotatable bonds is 12. The van der Waals surface area contributed by atoms with E-state index in [1.165, 1.54) is 18.0 Å². The average Bonchev–Trinajstić information content (AvgIpc) is 3.20. The van der Waals surface area contributed by atoms with E-state index in [0.29, 0.717) is 11.3 Å². The maximum Gasteiger partial charge on any atom is 0.440 e. The van der Waals surface area contributed by atoms with Gasteiger partial charge in [-0.1, -0.05) is 11.0 Å². The van der Waals surface area contributed by atoms with Gasteiger partial charge in [-0.15, -0.1) is 10.9 Å². The first-order valence-corrected chi connectivity index (χ1v) is 11.9. The zero-order chi connectivity index (χ0) is 24.7. The minimum absolute atomic E-state index is 0.0487. The van der Waals surface area contributed by atoms with Gasteiger partial charge in [0.1, 0.15) is 18.8 Å². The van der Waals surface area contributed by atoms with Crippen LogP contribution in [-0.4, -0.2) is 83.3 Å². The molecular weight excluding hydrogens is 476 g/mol. The van der Waals surface area contributed by atoms with Crippen LogP contribution < -0.4 is 15.7 Å². The molecule has 15 heteroatoms.